The molecule has 3 nitrogen and oxygen atoms in total. The van der Waals surface area contributed by atoms with Crippen LogP contribution in [-0.4, -0.2) is 18.0 Å². The second-order valence-electron chi connectivity index (χ2n) is 4.94. The van der Waals surface area contributed by atoms with Crippen LogP contribution in [0.4, 0.5) is 4.39 Å². The van der Waals surface area contributed by atoms with Crippen molar-refractivity contribution in [2.45, 2.75) is 45.8 Å². The molecule has 0 saturated heterocycles. The Kier molecular flexibility index (Phi) is 6.25. The van der Waals surface area contributed by atoms with E-state index in [1.54, 1.807) is 6.07 Å². The Hall–Kier alpha value is -1.13. The SMILES string of the molecule is CC(C)NC(=O)C[C@H](C)NCc1ccc(F)cc1Cl. The van der Waals surface area contributed by atoms with E-state index in [9.17, 15) is 9.18 Å². The molecule has 0 unspecified atom stereocenters. The highest BCUT2D eigenvalue weighted by Crippen LogP contribution is 2.17. The lowest BCUT2D eigenvalue weighted by atomic mass is 10.1. The van der Waals surface area contributed by atoms with Crippen molar-refractivity contribution in [3.63, 3.8) is 0 Å². The molecule has 0 aliphatic carbocycles. The van der Waals surface area contributed by atoms with E-state index in [0.29, 0.717) is 18.0 Å². The van der Waals surface area contributed by atoms with Crippen LogP contribution in [0.5, 0.6) is 0 Å². The van der Waals surface area contributed by atoms with Crippen molar-refractivity contribution in [1.29, 1.82) is 0 Å². The Morgan fingerprint density at radius 1 is 1.37 bits per heavy atom. The van der Waals surface area contributed by atoms with Gasteiger partial charge in [0.25, 0.3) is 0 Å². The van der Waals surface area contributed by atoms with Gasteiger partial charge in [0.2, 0.25) is 5.91 Å². The maximum atomic E-state index is 12.9. The van der Waals surface area contributed by atoms with E-state index in [0.717, 1.165) is 5.56 Å². The van der Waals surface area contributed by atoms with E-state index in [1.807, 2.05) is 20.8 Å². The molecule has 0 aromatic heterocycles. The topological polar surface area (TPSA) is 41.1 Å². The van der Waals surface area contributed by atoms with Crippen molar-refractivity contribution < 1.29 is 9.18 Å². The Bertz CT molecular complexity index is 437. The van der Waals surface area contributed by atoms with Crippen LogP contribution < -0.4 is 10.6 Å². The van der Waals surface area contributed by atoms with Crippen LogP contribution in [0.25, 0.3) is 0 Å². The minimum Gasteiger partial charge on any atom is -0.354 e. The standard InChI is InChI=1S/C14H20ClFN2O/c1-9(2)18-14(19)6-10(3)17-8-11-4-5-12(16)7-13(11)15/h4-5,7,9-10,17H,6,8H2,1-3H3,(H,18,19)/t10-/m0/s1. The molecule has 19 heavy (non-hydrogen) atoms. The molecule has 1 amide bonds. The largest absolute Gasteiger partial charge is 0.354 e. The van der Waals surface area contributed by atoms with E-state index in [4.69, 9.17) is 11.6 Å². The lowest BCUT2D eigenvalue weighted by Crippen LogP contribution is -2.36. The first-order chi connectivity index (χ1) is 8.88. The monoisotopic (exact) mass is 286 g/mol. The normalized spacial score (nSPS) is 12.5. The Morgan fingerprint density at radius 2 is 2.05 bits per heavy atom. The van der Waals surface area contributed by atoms with Crippen LogP contribution >= 0.6 is 11.6 Å². The average Bonchev–Trinajstić information content (AvgIpc) is 2.26. The molecule has 106 valence electrons. The summed E-state index contributed by atoms with van der Waals surface area (Å²) in [6, 6.07) is 4.48. The van der Waals surface area contributed by atoms with Gasteiger partial charge in [-0.2, -0.15) is 0 Å². The van der Waals surface area contributed by atoms with Crippen LogP contribution in [0.2, 0.25) is 5.02 Å². The van der Waals surface area contributed by atoms with E-state index < -0.39 is 0 Å². The van der Waals surface area contributed by atoms with Gasteiger partial charge in [0.15, 0.2) is 0 Å². The highest BCUT2D eigenvalue weighted by molar-refractivity contribution is 6.31. The summed E-state index contributed by atoms with van der Waals surface area (Å²) >= 11 is 5.93. The highest BCUT2D eigenvalue weighted by atomic mass is 35.5. The van der Waals surface area contributed by atoms with Crippen molar-refractivity contribution in [2.24, 2.45) is 0 Å². The number of carbonyl (C=O) groups is 1. The van der Waals surface area contributed by atoms with Gasteiger partial charge in [-0.15, -0.1) is 0 Å². The first kappa shape index (κ1) is 15.9. The number of hydrogen-bond acceptors (Lipinski definition) is 2. The molecule has 0 heterocycles. The van der Waals surface area contributed by atoms with Crippen LogP contribution in [0.3, 0.4) is 0 Å². The molecule has 1 rings (SSSR count). The Balaban J connectivity index is 2.41. The van der Waals surface area contributed by atoms with E-state index >= 15 is 0 Å². The molecule has 2 N–H and O–H groups in total. The van der Waals surface area contributed by atoms with Crippen molar-refractivity contribution in [2.75, 3.05) is 0 Å². The molecule has 0 aliphatic heterocycles. The van der Waals surface area contributed by atoms with Crippen LogP contribution in [-0.2, 0) is 11.3 Å². The molecule has 1 aromatic carbocycles. The summed E-state index contributed by atoms with van der Waals surface area (Å²) in [5.74, 6) is -0.335. The zero-order valence-electron chi connectivity index (χ0n) is 11.5. The summed E-state index contributed by atoms with van der Waals surface area (Å²) in [5.41, 5.74) is 0.819. The van der Waals surface area contributed by atoms with E-state index in [2.05, 4.69) is 10.6 Å². The summed E-state index contributed by atoms with van der Waals surface area (Å²) < 4.78 is 12.9. The second-order valence-corrected chi connectivity index (χ2v) is 5.35. The summed E-state index contributed by atoms with van der Waals surface area (Å²) in [4.78, 5) is 11.6. The lowest BCUT2D eigenvalue weighted by molar-refractivity contribution is -0.122. The molecule has 0 radical (unpaired) electrons. The van der Waals surface area contributed by atoms with Gasteiger partial charge in [-0.05, 0) is 38.5 Å². The molecular formula is C14H20ClFN2O. The third-order valence-electron chi connectivity index (χ3n) is 2.60. The number of carbonyl (C=O) groups excluding carboxylic acids is 1. The fraction of sp³-hybridized carbons (Fsp3) is 0.500. The summed E-state index contributed by atoms with van der Waals surface area (Å²) in [6.07, 6.45) is 0.400. The van der Waals surface area contributed by atoms with E-state index in [1.165, 1.54) is 12.1 Å². The van der Waals surface area contributed by atoms with Gasteiger partial charge in [0.1, 0.15) is 5.82 Å². The predicted molar refractivity (Wildman–Crippen MR) is 75.6 cm³/mol. The summed E-state index contributed by atoms with van der Waals surface area (Å²) in [7, 11) is 0. The minimum absolute atomic E-state index is 0.0141. The van der Waals surface area contributed by atoms with Crippen LogP contribution in [0.15, 0.2) is 18.2 Å². The second kappa shape index (κ2) is 7.46. The van der Waals surface area contributed by atoms with Gasteiger partial charge in [-0.25, -0.2) is 4.39 Å². The van der Waals surface area contributed by atoms with Gasteiger partial charge in [0.05, 0.1) is 0 Å². The molecular weight excluding hydrogens is 267 g/mol. The van der Waals surface area contributed by atoms with Gasteiger partial charge in [-0.3, -0.25) is 4.79 Å². The average molecular weight is 287 g/mol. The number of rotatable bonds is 6. The maximum Gasteiger partial charge on any atom is 0.221 e. The zero-order chi connectivity index (χ0) is 14.4. The molecule has 1 atom stereocenters. The van der Waals surface area contributed by atoms with Crippen LogP contribution in [0, 0.1) is 5.82 Å². The lowest BCUT2D eigenvalue weighted by Gasteiger charge is -2.15. The molecule has 0 fully saturated rings. The first-order valence-electron chi connectivity index (χ1n) is 6.35. The first-order valence-corrected chi connectivity index (χ1v) is 6.73. The number of halogens is 2. The number of nitrogens with one attached hydrogen (secondary N) is 2. The maximum absolute atomic E-state index is 12.9. The van der Waals surface area contributed by atoms with Gasteiger partial charge < -0.3 is 10.6 Å². The predicted octanol–water partition coefficient (Wildman–Crippen LogP) is 2.87. The van der Waals surface area contributed by atoms with Crippen molar-refractivity contribution in [1.82, 2.24) is 10.6 Å². The Morgan fingerprint density at radius 3 is 2.63 bits per heavy atom. The quantitative estimate of drug-likeness (QED) is 0.844. The molecule has 0 saturated carbocycles. The Labute approximate surface area is 118 Å². The van der Waals surface area contributed by atoms with Crippen LogP contribution in [0.1, 0.15) is 32.8 Å². The molecule has 1 aromatic rings. The van der Waals surface area contributed by atoms with Crippen molar-refractivity contribution in [3.05, 3.63) is 34.6 Å². The molecule has 0 bridgehead atoms. The summed E-state index contributed by atoms with van der Waals surface area (Å²) in [5, 5.41) is 6.43. The summed E-state index contributed by atoms with van der Waals surface area (Å²) in [6.45, 7) is 6.29. The molecule has 5 heteroatoms. The third-order valence-corrected chi connectivity index (χ3v) is 2.95. The smallest absolute Gasteiger partial charge is 0.221 e. The van der Waals surface area contributed by atoms with Crippen molar-refractivity contribution >= 4 is 17.5 Å². The number of hydrogen-bond donors (Lipinski definition) is 2. The van der Waals surface area contributed by atoms with E-state index in [-0.39, 0.29) is 23.8 Å². The highest BCUT2D eigenvalue weighted by Gasteiger charge is 2.10. The van der Waals surface area contributed by atoms with Crippen molar-refractivity contribution in [3.8, 4) is 0 Å². The fourth-order valence-corrected chi connectivity index (χ4v) is 1.91. The number of amides is 1. The van der Waals surface area contributed by atoms with Gasteiger partial charge in [-0.1, -0.05) is 17.7 Å². The molecule has 0 spiro atoms. The number of benzene rings is 1. The minimum atomic E-state index is -0.349. The third kappa shape index (κ3) is 6.03. The fourth-order valence-electron chi connectivity index (χ4n) is 1.68. The van der Waals surface area contributed by atoms with Gasteiger partial charge >= 0.3 is 0 Å². The van der Waals surface area contributed by atoms with Gasteiger partial charge in [0, 0.05) is 30.1 Å². The molecule has 0 aliphatic rings. The zero-order valence-corrected chi connectivity index (χ0v) is 12.2.